The van der Waals surface area contributed by atoms with Crippen molar-refractivity contribution < 1.29 is 8.42 Å². The minimum atomic E-state index is -3.63. The number of rotatable bonds is 6. The first-order chi connectivity index (χ1) is 16.1. The summed E-state index contributed by atoms with van der Waals surface area (Å²) in [6, 6.07) is 30.2. The van der Waals surface area contributed by atoms with E-state index >= 15 is 0 Å². The molecule has 1 unspecified atom stereocenters. The summed E-state index contributed by atoms with van der Waals surface area (Å²) in [7, 11) is -3.63. The molecule has 0 fully saturated rings. The molecule has 0 spiro atoms. The highest BCUT2D eigenvalue weighted by Gasteiger charge is 2.30. The second-order valence-electron chi connectivity index (χ2n) is 8.15. The summed E-state index contributed by atoms with van der Waals surface area (Å²) in [5.74, 6) is 0.800. The Morgan fingerprint density at radius 2 is 1.48 bits per heavy atom. The van der Waals surface area contributed by atoms with Crippen LogP contribution in [0.3, 0.4) is 0 Å². The van der Waals surface area contributed by atoms with Crippen LogP contribution >= 0.6 is 0 Å². The Hall–Kier alpha value is -3.55. The molecule has 5 rings (SSSR count). The number of hydrogen-bond donors (Lipinski definition) is 1. The molecule has 3 aromatic carbocycles. The van der Waals surface area contributed by atoms with Crippen LogP contribution in [0.25, 0.3) is 11.3 Å². The normalized spacial score (nSPS) is 15.8. The number of sulfonamides is 1. The van der Waals surface area contributed by atoms with Gasteiger partial charge in [-0.1, -0.05) is 78.9 Å². The number of benzene rings is 3. The molecule has 1 atom stereocenters. The predicted octanol–water partition coefficient (Wildman–Crippen LogP) is 4.05. The zero-order valence-corrected chi connectivity index (χ0v) is 18.8. The standard InChI is InChI=1S/C26H24N4O2S/c31-33(32,24-14-8-3-9-15-24)29-23-16-22-17-25(21-12-6-2-7-13-21)27-28-26(22)30(19-23)18-20-10-4-1-5-11-20/h1-15,17,23,29H,16,18-19H2. The van der Waals surface area contributed by atoms with E-state index in [0.29, 0.717) is 19.5 Å². The first kappa shape index (κ1) is 21.3. The third-order valence-corrected chi connectivity index (χ3v) is 7.25. The van der Waals surface area contributed by atoms with E-state index in [2.05, 4.69) is 32.0 Å². The third kappa shape index (κ3) is 4.79. The van der Waals surface area contributed by atoms with Gasteiger partial charge >= 0.3 is 0 Å². The van der Waals surface area contributed by atoms with Crippen LogP contribution < -0.4 is 9.62 Å². The fourth-order valence-corrected chi connectivity index (χ4v) is 5.43. The first-order valence-electron chi connectivity index (χ1n) is 10.9. The summed E-state index contributed by atoms with van der Waals surface area (Å²) in [4.78, 5) is 2.37. The molecule has 166 valence electrons. The monoisotopic (exact) mass is 456 g/mol. The van der Waals surface area contributed by atoms with Crippen molar-refractivity contribution in [1.82, 2.24) is 14.9 Å². The lowest BCUT2D eigenvalue weighted by atomic mass is 9.99. The number of anilines is 1. The van der Waals surface area contributed by atoms with Gasteiger partial charge in [0.15, 0.2) is 5.82 Å². The molecule has 4 aromatic rings. The SMILES string of the molecule is O=S(=O)(NC1Cc2cc(-c3ccccc3)nnc2N(Cc2ccccc2)C1)c1ccccc1. The van der Waals surface area contributed by atoms with E-state index in [9.17, 15) is 8.42 Å². The average Bonchev–Trinajstić information content (AvgIpc) is 2.85. The van der Waals surface area contributed by atoms with E-state index in [4.69, 9.17) is 0 Å². The predicted molar refractivity (Wildman–Crippen MR) is 129 cm³/mol. The quantitative estimate of drug-likeness (QED) is 0.474. The molecule has 0 saturated heterocycles. The van der Waals surface area contributed by atoms with Crippen molar-refractivity contribution in [2.45, 2.75) is 23.9 Å². The van der Waals surface area contributed by atoms with E-state index in [1.807, 2.05) is 54.6 Å². The van der Waals surface area contributed by atoms with Crippen molar-refractivity contribution in [2.75, 3.05) is 11.4 Å². The Bertz CT molecular complexity index is 1330. The number of nitrogens with one attached hydrogen (secondary N) is 1. The van der Waals surface area contributed by atoms with Gasteiger partial charge < -0.3 is 4.90 Å². The van der Waals surface area contributed by atoms with Crippen molar-refractivity contribution in [1.29, 1.82) is 0 Å². The van der Waals surface area contributed by atoms with Crippen molar-refractivity contribution in [3.8, 4) is 11.3 Å². The molecule has 0 radical (unpaired) electrons. The maximum Gasteiger partial charge on any atom is 0.240 e. The summed E-state index contributed by atoms with van der Waals surface area (Å²) < 4.78 is 28.9. The van der Waals surface area contributed by atoms with E-state index in [1.54, 1.807) is 30.3 Å². The minimum Gasteiger partial charge on any atom is -0.349 e. The highest BCUT2D eigenvalue weighted by atomic mass is 32.2. The molecular formula is C26H24N4O2S. The Kier molecular flexibility index (Phi) is 5.90. The van der Waals surface area contributed by atoms with Gasteiger partial charge in [-0.05, 0) is 30.2 Å². The maximum atomic E-state index is 13.0. The van der Waals surface area contributed by atoms with Crippen LogP contribution in [0.5, 0.6) is 0 Å². The van der Waals surface area contributed by atoms with E-state index < -0.39 is 10.0 Å². The maximum absolute atomic E-state index is 13.0. The summed E-state index contributed by atoms with van der Waals surface area (Å²) >= 11 is 0. The Labute approximate surface area is 194 Å². The van der Waals surface area contributed by atoms with Gasteiger partial charge in [-0.3, -0.25) is 0 Å². The Balaban J connectivity index is 1.48. The van der Waals surface area contributed by atoms with Crippen LogP contribution in [-0.4, -0.2) is 31.2 Å². The summed E-state index contributed by atoms with van der Waals surface area (Å²) in [6.45, 7) is 1.13. The highest BCUT2D eigenvalue weighted by Crippen LogP contribution is 2.29. The van der Waals surface area contributed by atoms with Crippen molar-refractivity contribution >= 4 is 15.8 Å². The van der Waals surface area contributed by atoms with Gasteiger partial charge in [-0.15, -0.1) is 10.2 Å². The first-order valence-corrected chi connectivity index (χ1v) is 12.3. The minimum absolute atomic E-state index is 0.267. The Morgan fingerprint density at radius 1 is 0.848 bits per heavy atom. The van der Waals surface area contributed by atoms with Crippen LogP contribution in [0.2, 0.25) is 0 Å². The van der Waals surface area contributed by atoms with Crippen molar-refractivity contribution in [3.05, 3.63) is 108 Å². The largest absolute Gasteiger partial charge is 0.349 e. The number of aromatic nitrogens is 2. The lowest BCUT2D eigenvalue weighted by molar-refractivity contribution is 0.520. The van der Waals surface area contributed by atoms with Gasteiger partial charge in [0.2, 0.25) is 10.0 Å². The fraction of sp³-hybridized carbons (Fsp3) is 0.154. The van der Waals surface area contributed by atoms with Gasteiger partial charge in [0.1, 0.15) is 0 Å². The summed E-state index contributed by atoms with van der Waals surface area (Å²) in [5.41, 5.74) is 3.87. The summed E-state index contributed by atoms with van der Waals surface area (Å²) in [5, 5.41) is 9.03. The lowest BCUT2D eigenvalue weighted by Crippen LogP contribution is -2.48. The lowest BCUT2D eigenvalue weighted by Gasteiger charge is -2.35. The molecule has 6 nitrogen and oxygen atoms in total. The zero-order chi connectivity index (χ0) is 22.7. The van der Waals surface area contributed by atoms with Crippen molar-refractivity contribution in [2.24, 2.45) is 0 Å². The molecule has 0 amide bonds. The van der Waals surface area contributed by atoms with E-state index in [0.717, 1.165) is 28.2 Å². The molecule has 0 saturated carbocycles. The molecule has 7 heteroatoms. The topological polar surface area (TPSA) is 75.2 Å². The number of hydrogen-bond acceptors (Lipinski definition) is 5. The number of nitrogens with zero attached hydrogens (tertiary/aromatic N) is 3. The van der Waals surface area contributed by atoms with Gasteiger partial charge in [-0.2, -0.15) is 0 Å². The number of fused-ring (bicyclic) bond motifs is 1. The molecule has 1 aromatic heterocycles. The average molecular weight is 457 g/mol. The van der Waals surface area contributed by atoms with Crippen molar-refractivity contribution in [3.63, 3.8) is 0 Å². The molecule has 0 bridgehead atoms. The second kappa shape index (κ2) is 9.13. The molecule has 1 N–H and O–H groups in total. The van der Waals surface area contributed by atoms with Crippen LogP contribution in [0.1, 0.15) is 11.1 Å². The Morgan fingerprint density at radius 3 is 2.18 bits per heavy atom. The van der Waals surface area contributed by atoms with E-state index in [-0.39, 0.29) is 10.9 Å². The summed E-state index contributed by atoms with van der Waals surface area (Å²) in [6.07, 6.45) is 0.544. The molecule has 1 aliphatic heterocycles. The van der Waals surface area contributed by atoms with Gasteiger partial charge in [0, 0.05) is 30.3 Å². The highest BCUT2D eigenvalue weighted by molar-refractivity contribution is 7.89. The zero-order valence-electron chi connectivity index (χ0n) is 18.0. The van der Waals surface area contributed by atoms with Crippen LogP contribution in [0.15, 0.2) is 102 Å². The van der Waals surface area contributed by atoms with Crippen LogP contribution in [-0.2, 0) is 23.0 Å². The molecule has 0 aliphatic carbocycles. The smallest absolute Gasteiger partial charge is 0.240 e. The van der Waals surface area contributed by atoms with E-state index in [1.165, 1.54) is 0 Å². The van der Waals surface area contributed by atoms with Crippen LogP contribution in [0, 0.1) is 0 Å². The van der Waals surface area contributed by atoms with Gasteiger partial charge in [0.05, 0.1) is 10.6 Å². The molecular weight excluding hydrogens is 432 g/mol. The van der Waals surface area contributed by atoms with Gasteiger partial charge in [0.25, 0.3) is 0 Å². The second-order valence-corrected chi connectivity index (χ2v) is 9.86. The molecule has 2 heterocycles. The van der Waals surface area contributed by atoms with Gasteiger partial charge in [-0.25, -0.2) is 13.1 Å². The van der Waals surface area contributed by atoms with Crippen LogP contribution in [0.4, 0.5) is 5.82 Å². The molecule has 33 heavy (non-hydrogen) atoms. The third-order valence-electron chi connectivity index (χ3n) is 5.72. The fourth-order valence-electron chi connectivity index (χ4n) is 4.18. The molecule has 1 aliphatic rings.